The Balaban J connectivity index is 1.47. The predicted octanol–water partition coefficient (Wildman–Crippen LogP) is 3.13. The third-order valence-corrected chi connectivity index (χ3v) is 6.11. The first-order chi connectivity index (χ1) is 13.1. The zero-order valence-electron chi connectivity index (χ0n) is 15.9. The second-order valence-corrected chi connectivity index (χ2v) is 8.10. The first kappa shape index (κ1) is 18.2. The van der Waals surface area contributed by atoms with Gasteiger partial charge >= 0.3 is 0 Å². The summed E-state index contributed by atoms with van der Waals surface area (Å²) in [6.07, 6.45) is 1.86. The van der Waals surface area contributed by atoms with E-state index in [9.17, 15) is 9.90 Å². The van der Waals surface area contributed by atoms with E-state index >= 15 is 0 Å². The van der Waals surface area contributed by atoms with Gasteiger partial charge in [0.1, 0.15) is 0 Å². The normalized spacial score (nSPS) is 26.1. The number of rotatable bonds is 3. The van der Waals surface area contributed by atoms with Crippen molar-refractivity contribution in [3.05, 3.63) is 59.7 Å². The second-order valence-electron chi connectivity index (χ2n) is 8.10. The van der Waals surface area contributed by atoms with E-state index in [1.807, 2.05) is 0 Å². The molecule has 4 heteroatoms. The van der Waals surface area contributed by atoms with E-state index in [1.165, 1.54) is 22.3 Å². The Morgan fingerprint density at radius 2 is 2.00 bits per heavy atom. The summed E-state index contributed by atoms with van der Waals surface area (Å²) in [4.78, 5) is 14.8. The minimum atomic E-state index is -0.627. The Labute approximate surface area is 161 Å². The molecule has 0 bridgehead atoms. The van der Waals surface area contributed by atoms with Gasteiger partial charge in [0.05, 0.1) is 11.5 Å². The molecule has 1 spiro atoms. The lowest BCUT2D eigenvalue weighted by Crippen LogP contribution is -2.61. The molecule has 2 aliphatic rings. The van der Waals surface area contributed by atoms with Crippen LogP contribution in [0.15, 0.2) is 48.5 Å². The highest BCUT2D eigenvalue weighted by Gasteiger charge is 2.49. The van der Waals surface area contributed by atoms with Crippen LogP contribution in [0.5, 0.6) is 0 Å². The molecule has 0 unspecified atom stereocenters. The summed E-state index contributed by atoms with van der Waals surface area (Å²) in [5, 5.41) is 13.5. The Bertz CT molecular complexity index is 817. The molecule has 0 aromatic heterocycles. The molecule has 2 fully saturated rings. The number of nitrogens with zero attached hydrogens (tertiary/aromatic N) is 1. The predicted molar refractivity (Wildman–Crippen MR) is 107 cm³/mol. The first-order valence-electron chi connectivity index (χ1n) is 9.91. The number of hydrogen-bond donors (Lipinski definition) is 2. The Kier molecular flexibility index (Phi) is 5.02. The van der Waals surface area contributed by atoms with Gasteiger partial charge in [0.2, 0.25) is 5.91 Å². The maximum absolute atomic E-state index is 12.5. The van der Waals surface area contributed by atoms with Gasteiger partial charge < -0.3 is 10.4 Å². The van der Waals surface area contributed by atoms with Gasteiger partial charge in [-0.05, 0) is 42.9 Å². The summed E-state index contributed by atoms with van der Waals surface area (Å²) in [5.41, 5.74) is 4.34. The Morgan fingerprint density at radius 1 is 1.19 bits per heavy atom. The van der Waals surface area contributed by atoms with E-state index in [1.54, 1.807) is 0 Å². The summed E-state index contributed by atoms with van der Waals surface area (Å²) in [5.74, 6) is 0.0285. The molecule has 0 radical (unpaired) electrons. The molecule has 2 aromatic carbocycles. The highest BCUT2D eigenvalue weighted by Crippen LogP contribution is 2.37. The van der Waals surface area contributed by atoms with E-state index in [-0.39, 0.29) is 5.91 Å². The number of aryl methyl sites for hydroxylation is 1. The van der Waals surface area contributed by atoms with Gasteiger partial charge in [0, 0.05) is 26.2 Å². The van der Waals surface area contributed by atoms with Gasteiger partial charge in [-0.2, -0.15) is 0 Å². The van der Waals surface area contributed by atoms with Crippen LogP contribution in [0.2, 0.25) is 0 Å². The third kappa shape index (κ3) is 3.64. The number of carbonyl (C=O) groups excluding carboxylic acids is 1. The van der Waals surface area contributed by atoms with Crippen molar-refractivity contribution in [2.45, 2.75) is 38.8 Å². The molecular formula is C23H28N2O2. The SMILES string of the molecule is Cc1cccc(-c2ccc(CN3CC[C@H](O)[C@@]4(CCCNC4=O)C3)cc2)c1. The van der Waals surface area contributed by atoms with E-state index in [0.29, 0.717) is 13.0 Å². The number of likely N-dealkylation sites (tertiary alicyclic amines) is 1. The molecule has 0 saturated carbocycles. The minimum Gasteiger partial charge on any atom is -0.392 e. The molecule has 4 rings (SSSR count). The van der Waals surface area contributed by atoms with Gasteiger partial charge in [-0.15, -0.1) is 0 Å². The van der Waals surface area contributed by atoms with E-state index in [2.05, 4.69) is 65.7 Å². The molecule has 2 atom stereocenters. The summed E-state index contributed by atoms with van der Waals surface area (Å²) < 4.78 is 0. The van der Waals surface area contributed by atoms with Gasteiger partial charge in [0.25, 0.3) is 0 Å². The number of aliphatic hydroxyl groups excluding tert-OH is 1. The van der Waals surface area contributed by atoms with Crippen LogP contribution in [-0.2, 0) is 11.3 Å². The standard InChI is InChI=1S/C23H28N2O2/c1-17-4-2-5-20(14-17)19-8-6-18(7-9-19)15-25-13-10-21(26)23(16-25)11-3-12-24-22(23)27/h2,4-9,14,21,26H,3,10-13,15-16H2,1H3,(H,24,27)/t21-,23+/m0/s1. The first-order valence-corrected chi connectivity index (χ1v) is 9.91. The maximum atomic E-state index is 12.5. The molecule has 0 aliphatic carbocycles. The number of nitrogens with one attached hydrogen (secondary N) is 1. The van der Waals surface area contributed by atoms with Crippen molar-refractivity contribution in [2.24, 2.45) is 5.41 Å². The largest absolute Gasteiger partial charge is 0.392 e. The number of amides is 1. The molecule has 142 valence electrons. The van der Waals surface area contributed by atoms with Crippen molar-refractivity contribution in [1.29, 1.82) is 0 Å². The van der Waals surface area contributed by atoms with Gasteiger partial charge in [-0.25, -0.2) is 0 Å². The fraction of sp³-hybridized carbons (Fsp3) is 0.435. The van der Waals surface area contributed by atoms with Gasteiger partial charge in [-0.3, -0.25) is 9.69 Å². The number of hydrogen-bond acceptors (Lipinski definition) is 3. The van der Waals surface area contributed by atoms with E-state index < -0.39 is 11.5 Å². The van der Waals surface area contributed by atoms with Crippen LogP contribution in [0.3, 0.4) is 0 Å². The van der Waals surface area contributed by atoms with Crippen molar-refractivity contribution >= 4 is 5.91 Å². The molecule has 2 heterocycles. The average Bonchev–Trinajstić information content (AvgIpc) is 2.68. The highest BCUT2D eigenvalue weighted by molar-refractivity contribution is 5.84. The lowest BCUT2D eigenvalue weighted by Gasteiger charge is -2.47. The quantitative estimate of drug-likeness (QED) is 0.880. The number of aliphatic hydroxyl groups is 1. The average molecular weight is 364 g/mol. The monoisotopic (exact) mass is 364 g/mol. The third-order valence-electron chi connectivity index (χ3n) is 6.11. The van der Waals surface area contributed by atoms with E-state index in [0.717, 1.165) is 32.5 Å². The van der Waals surface area contributed by atoms with Crippen LogP contribution in [-0.4, -0.2) is 41.7 Å². The number of benzene rings is 2. The van der Waals surface area contributed by atoms with Crippen molar-refractivity contribution in [1.82, 2.24) is 10.2 Å². The summed E-state index contributed by atoms with van der Waals surface area (Å²) in [6, 6.07) is 17.2. The topological polar surface area (TPSA) is 52.6 Å². The van der Waals surface area contributed by atoms with E-state index in [4.69, 9.17) is 0 Å². The van der Waals surface area contributed by atoms with Crippen LogP contribution < -0.4 is 5.32 Å². The molecule has 2 aromatic rings. The van der Waals surface area contributed by atoms with Crippen molar-refractivity contribution in [3.8, 4) is 11.1 Å². The molecule has 4 nitrogen and oxygen atoms in total. The second kappa shape index (κ2) is 7.45. The fourth-order valence-corrected chi connectivity index (χ4v) is 4.55. The maximum Gasteiger partial charge on any atom is 0.230 e. The molecule has 27 heavy (non-hydrogen) atoms. The zero-order chi connectivity index (χ0) is 18.9. The van der Waals surface area contributed by atoms with Crippen LogP contribution in [0.1, 0.15) is 30.4 Å². The number of piperidine rings is 2. The highest BCUT2D eigenvalue weighted by atomic mass is 16.3. The summed E-state index contributed by atoms with van der Waals surface area (Å²) >= 11 is 0. The van der Waals surface area contributed by atoms with Crippen molar-refractivity contribution in [3.63, 3.8) is 0 Å². The molecule has 2 N–H and O–H groups in total. The van der Waals surface area contributed by atoms with Crippen molar-refractivity contribution in [2.75, 3.05) is 19.6 Å². The lowest BCUT2D eigenvalue weighted by molar-refractivity contribution is -0.149. The van der Waals surface area contributed by atoms with Crippen LogP contribution in [0.25, 0.3) is 11.1 Å². The molecule has 2 aliphatic heterocycles. The smallest absolute Gasteiger partial charge is 0.230 e. The molecular weight excluding hydrogens is 336 g/mol. The Hall–Kier alpha value is -2.17. The Morgan fingerprint density at radius 3 is 2.74 bits per heavy atom. The van der Waals surface area contributed by atoms with Gasteiger partial charge in [-0.1, -0.05) is 54.1 Å². The molecule has 1 amide bonds. The van der Waals surface area contributed by atoms with Crippen LogP contribution in [0, 0.1) is 12.3 Å². The minimum absolute atomic E-state index is 0.0285. The lowest BCUT2D eigenvalue weighted by atomic mass is 9.71. The number of carbonyl (C=O) groups is 1. The van der Waals surface area contributed by atoms with Crippen LogP contribution >= 0.6 is 0 Å². The van der Waals surface area contributed by atoms with Crippen LogP contribution in [0.4, 0.5) is 0 Å². The fourth-order valence-electron chi connectivity index (χ4n) is 4.55. The summed E-state index contributed by atoms with van der Waals surface area (Å²) in [7, 11) is 0. The van der Waals surface area contributed by atoms with Crippen molar-refractivity contribution < 1.29 is 9.90 Å². The summed E-state index contributed by atoms with van der Waals surface area (Å²) in [6.45, 7) is 5.12. The molecule has 2 saturated heterocycles. The van der Waals surface area contributed by atoms with Gasteiger partial charge in [0.15, 0.2) is 0 Å². The zero-order valence-corrected chi connectivity index (χ0v) is 15.9.